The summed E-state index contributed by atoms with van der Waals surface area (Å²) in [5.41, 5.74) is 5.42. The minimum atomic E-state index is -0.330. The van der Waals surface area contributed by atoms with Crippen LogP contribution in [-0.2, 0) is 4.74 Å². The SMILES string of the molecule is CN(CCOCCN)C(=O)c1ccc(O)cc1O. The van der Waals surface area contributed by atoms with Crippen LogP contribution in [0, 0.1) is 0 Å². The second kappa shape index (κ2) is 6.83. The van der Waals surface area contributed by atoms with Gasteiger partial charge in [-0.3, -0.25) is 4.79 Å². The molecule has 0 atom stereocenters. The highest BCUT2D eigenvalue weighted by Gasteiger charge is 2.15. The standard InChI is InChI=1S/C12H18N2O4/c1-14(5-7-18-6-4-13)12(17)10-3-2-9(15)8-11(10)16/h2-3,8,15-16H,4-7,13H2,1H3. The second-order valence-electron chi connectivity index (χ2n) is 3.83. The second-order valence-corrected chi connectivity index (χ2v) is 3.83. The lowest BCUT2D eigenvalue weighted by Gasteiger charge is -2.17. The number of ether oxygens (including phenoxy) is 1. The van der Waals surface area contributed by atoms with Crippen molar-refractivity contribution >= 4 is 5.91 Å². The molecule has 1 aromatic carbocycles. The Balaban J connectivity index is 2.57. The molecule has 6 heteroatoms. The summed E-state index contributed by atoms with van der Waals surface area (Å²) in [6, 6.07) is 3.86. The Kier molecular flexibility index (Phi) is 5.41. The summed E-state index contributed by atoms with van der Waals surface area (Å²) < 4.78 is 5.17. The Bertz CT molecular complexity index is 409. The average molecular weight is 254 g/mol. The van der Waals surface area contributed by atoms with Crippen LogP contribution in [0.25, 0.3) is 0 Å². The van der Waals surface area contributed by atoms with Crippen LogP contribution in [0.1, 0.15) is 10.4 Å². The number of carbonyl (C=O) groups excluding carboxylic acids is 1. The van der Waals surface area contributed by atoms with Gasteiger partial charge in [-0.1, -0.05) is 0 Å². The lowest BCUT2D eigenvalue weighted by atomic mass is 10.1. The summed E-state index contributed by atoms with van der Waals surface area (Å²) in [4.78, 5) is 13.4. The van der Waals surface area contributed by atoms with E-state index in [1.807, 2.05) is 0 Å². The number of nitrogens with two attached hydrogens (primary N) is 1. The smallest absolute Gasteiger partial charge is 0.257 e. The van der Waals surface area contributed by atoms with Crippen molar-refractivity contribution in [1.82, 2.24) is 4.90 Å². The lowest BCUT2D eigenvalue weighted by molar-refractivity contribution is 0.0701. The molecule has 0 heterocycles. The summed E-state index contributed by atoms with van der Waals surface area (Å²) in [5.74, 6) is -0.656. The van der Waals surface area contributed by atoms with Crippen molar-refractivity contribution in [3.8, 4) is 11.5 Å². The van der Waals surface area contributed by atoms with Gasteiger partial charge >= 0.3 is 0 Å². The maximum absolute atomic E-state index is 11.9. The zero-order valence-electron chi connectivity index (χ0n) is 10.3. The number of aromatic hydroxyl groups is 2. The van der Waals surface area contributed by atoms with E-state index in [1.54, 1.807) is 7.05 Å². The average Bonchev–Trinajstić information content (AvgIpc) is 2.33. The van der Waals surface area contributed by atoms with Gasteiger partial charge in [-0.05, 0) is 12.1 Å². The van der Waals surface area contributed by atoms with Crippen LogP contribution >= 0.6 is 0 Å². The highest BCUT2D eigenvalue weighted by molar-refractivity contribution is 5.96. The van der Waals surface area contributed by atoms with E-state index in [-0.39, 0.29) is 23.0 Å². The first-order valence-corrected chi connectivity index (χ1v) is 5.61. The highest BCUT2D eigenvalue weighted by atomic mass is 16.5. The third-order valence-electron chi connectivity index (χ3n) is 2.39. The Labute approximate surface area is 106 Å². The van der Waals surface area contributed by atoms with Crippen LogP contribution < -0.4 is 5.73 Å². The molecule has 1 amide bonds. The molecule has 0 aliphatic carbocycles. The van der Waals surface area contributed by atoms with Crippen molar-refractivity contribution in [1.29, 1.82) is 0 Å². The molecule has 0 spiro atoms. The van der Waals surface area contributed by atoms with Gasteiger partial charge in [-0.2, -0.15) is 0 Å². The molecule has 0 bridgehead atoms. The molecule has 0 aromatic heterocycles. The number of carbonyl (C=O) groups is 1. The van der Waals surface area contributed by atoms with Gasteiger partial charge in [0, 0.05) is 26.2 Å². The number of nitrogens with zero attached hydrogens (tertiary/aromatic N) is 1. The maximum atomic E-state index is 11.9. The van der Waals surface area contributed by atoms with Gasteiger partial charge in [0.2, 0.25) is 0 Å². The quantitative estimate of drug-likeness (QED) is 0.628. The predicted molar refractivity (Wildman–Crippen MR) is 66.6 cm³/mol. The van der Waals surface area contributed by atoms with Gasteiger partial charge < -0.3 is 25.6 Å². The van der Waals surface area contributed by atoms with E-state index in [4.69, 9.17) is 15.6 Å². The number of benzene rings is 1. The molecule has 100 valence electrons. The van der Waals surface area contributed by atoms with Crippen LogP contribution in [0.5, 0.6) is 11.5 Å². The molecule has 6 nitrogen and oxygen atoms in total. The number of rotatable bonds is 6. The van der Waals surface area contributed by atoms with Crippen LogP contribution in [0.4, 0.5) is 0 Å². The topological polar surface area (TPSA) is 96.0 Å². The lowest BCUT2D eigenvalue weighted by Crippen LogP contribution is -2.30. The van der Waals surface area contributed by atoms with Gasteiger partial charge in [-0.15, -0.1) is 0 Å². The summed E-state index contributed by atoms with van der Waals surface area (Å²) >= 11 is 0. The van der Waals surface area contributed by atoms with E-state index in [2.05, 4.69) is 0 Å². The first-order chi connectivity index (χ1) is 8.56. The van der Waals surface area contributed by atoms with Gasteiger partial charge in [0.05, 0.1) is 18.8 Å². The zero-order valence-corrected chi connectivity index (χ0v) is 10.3. The fourth-order valence-corrected chi connectivity index (χ4v) is 1.39. The van der Waals surface area contributed by atoms with E-state index < -0.39 is 0 Å². The Morgan fingerprint density at radius 1 is 1.39 bits per heavy atom. The molecule has 1 aromatic rings. The number of phenols is 2. The fraction of sp³-hybridized carbons (Fsp3) is 0.417. The monoisotopic (exact) mass is 254 g/mol. The third kappa shape index (κ3) is 3.90. The molecule has 0 saturated carbocycles. The number of hydrogen-bond donors (Lipinski definition) is 3. The van der Waals surface area contributed by atoms with Gasteiger partial charge in [0.25, 0.3) is 5.91 Å². The van der Waals surface area contributed by atoms with Crippen molar-refractivity contribution in [2.24, 2.45) is 5.73 Å². The summed E-state index contributed by atoms with van der Waals surface area (Å²) in [5, 5.41) is 18.7. The molecule has 4 N–H and O–H groups in total. The number of phenolic OH excluding ortho intramolecular Hbond substituents is 2. The van der Waals surface area contributed by atoms with Crippen molar-refractivity contribution in [2.75, 3.05) is 33.4 Å². The predicted octanol–water partition coefficient (Wildman–Crippen LogP) is 0.145. The van der Waals surface area contributed by atoms with Crippen LogP contribution in [-0.4, -0.2) is 54.4 Å². The summed E-state index contributed by atoms with van der Waals surface area (Å²) in [7, 11) is 1.61. The normalized spacial score (nSPS) is 10.3. The van der Waals surface area contributed by atoms with E-state index >= 15 is 0 Å². The Morgan fingerprint density at radius 2 is 2.11 bits per heavy atom. The minimum absolute atomic E-state index is 0.0852. The maximum Gasteiger partial charge on any atom is 0.257 e. The largest absolute Gasteiger partial charge is 0.508 e. The van der Waals surface area contributed by atoms with E-state index in [9.17, 15) is 9.90 Å². The Hall–Kier alpha value is -1.79. The van der Waals surface area contributed by atoms with Crippen molar-refractivity contribution in [3.63, 3.8) is 0 Å². The molecule has 0 saturated heterocycles. The molecule has 1 rings (SSSR count). The molecular weight excluding hydrogens is 236 g/mol. The molecule has 0 aliphatic heterocycles. The molecule has 0 unspecified atom stereocenters. The molecule has 0 aliphatic rings. The summed E-state index contributed by atoms with van der Waals surface area (Å²) in [6.07, 6.45) is 0. The van der Waals surface area contributed by atoms with Gasteiger partial charge in [-0.25, -0.2) is 0 Å². The molecule has 0 fully saturated rings. The zero-order chi connectivity index (χ0) is 13.5. The van der Waals surface area contributed by atoms with Gasteiger partial charge in [0.15, 0.2) is 0 Å². The number of likely N-dealkylation sites (N-methyl/N-ethyl adjacent to an activating group) is 1. The minimum Gasteiger partial charge on any atom is -0.508 e. The van der Waals surface area contributed by atoms with Crippen LogP contribution in [0.15, 0.2) is 18.2 Å². The molecule has 0 radical (unpaired) electrons. The van der Waals surface area contributed by atoms with Crippen molar-refractivity contribution in [2.45, 2.75) is 0 Å². The van der Waals surface area contributed by atoms with Crippen LogP contribution in [0.3, 0.4) is 0 Å². The van der Waals surface area contributed by atoms with E-state index in [0.717, 1.165) is 6.07 Å². The first kappa shape index (κ1) is 14.3. The number of hydrogen-bond acceptors (Lipinski definition) is 5. The Morgan fingerprint density at radius 3 is 2.72 bits per heavy atom. The molecular formula is C12H18N2O4. The molecule has 18 heavy (non-hydrogen) atoms. The highest BCUT2D eigenvalue weighted by Crippen LogP contribution is 2.23. The van der Waals surface area contributed by atoms with E-state index in [1.165, 1.54) is 17.0 Å². The number of amides is 1. The van der Waals surface area contributed by atoms with Crippen molar-refractivity contribution < 1.29 is 19.7 Å². The third-order valence-corrected chi connectivity index (χ3v) is 2.39. The van der Waals surface area contributed by atoms with Crippen molar-refractivity contribution in [3.05, 3.63) is 23.8 Å². The van der Waals surface area contributed by atoms with Crippen LogP contribution in [0.2, 0.25) is 0 Å². The first-order valence-electron chi connectivity index (χ1n) is 5.61. The van der Waals surface area contributed by atoms with E-state index in [0.29, 0.717) is 26.3 Å². The summed E-state index contributed by atoms with van der Waals surface area (Å²) in [6.45, 7) is 1.68. The van der Waals surface area contributed by atoms with Gasteiger partial charge in [0.1, 0.15) is 11.5 Å². The fourth-order valence-electron chi connectivity index (χ4n) is 1.39.